The Morgan fingerprint density at radius 2 is 1.88 bits per heavy atom. The fraction of sp³-hybridized carbons (Fsp3) is 0.591. The Morgan fingerprint density at radius 1 is 1.15 bits per heavy atom. The van der Waals surface area contributed by atoms with E-state index in [4.69, 9.17) is 9.47 Å². The molecule has 1 fully saturated rings. The molecule has 2 aliphatic rings. The van der Waals surface area contributed by atoms with E-state index in [-0.39, 0.29) is 12.1 Å². The first-order valence-electron chi connectivity index (χ1n) is 9.78. The van der Waals surface area contributed by atoms with Crippen LogP contribution in [-0.4, -0.2) is 35.3 Å². The number of rotatable bonds is 1. The summed E-state index contributed by atoms with van der Waals surface area (Å²) in [6, 6.07) is 10.1. The highest BCUT2D eigenvalue weighted by Crippen LogP contribution is 2.43. The first-order chi connectivity index (χ1) is 12.4. The summed E-state index contributed by atoms with van der Waals surface area (Å²) in [6.07, 6.45) is 9.31. The van der Waals surface area contributed by atoms with E-state index in [9.17, 15) is 4.79 Å². The van der Waals surface area contributed by atoms with Crippen LogP contribution in [0.5, 0.6) is 0 Å². The van der Waals surface area contributed by atoms with Gasteiger partial charge in [-0.2, -0.15) is 0 Å². The van der Waals surface area contributed by atoms with Gasteiger partial charge in [-0.1, -0.05) is 61.7 Å². The number of carbonyl (C=O) groups is 1. The minimum absolute atomic E-state index is 0.171. The van der Waals surface area contributed by atoms with Gasteiger partial charge in [-0.15, -0.1) is 0 Å². The van der Waals surface area contributed by atoms with Gasteiger partial charge in [-0.25, -0.2) is 4.79 Å². The molecule has 3 rings (SSSR count). The Hall–Kier alpha value is -1.81. The standard InChI is InChI=1S/C22H31NO3/c1-21(2,3)26-20(24)23-16-10-5-4-9-14-22(15-11-17-25-22)19(23)18-12-7-6-8-13-18/h6-8,11-13,15,19H,4-5,9-10,14,16-17H2,1-3H3/t19-,22+/m0/s1. The van der Waals surface area contributed by atoms with Crippen molar-refractivity contribution in [3.05, 3.63) is 48.0 Å². The van der Waals surface area contributed by atoms with Crippen LogP contribution in [0.3, 0.4) is 0 Å². The van der Waals surface area contributed by atoms with Crippen LogP contribution < -0.4 is 0 Å². The maximum Gasteiger partial charge on any atom is 0.410 e. The van der Waals surface area contributed by atoms with Crippen LogP contribution in [0, 0.1) is 0 Å². The van der Waals surface area contributed by atoms with Crippen molar-refractivity contribution in [1.29, 1.82) is 0 Å². The molecule has 1 spiro atoms. The van der Waals surface area contributed by atoms with E-state index in [2.05, 4.69) is 24.3 Å². The molecule has 0 bridgehead atoms. The zero-order chi connectivity index (χ0) is 18.6. The molecule has 1 saturated heterocycles. The molecule has 0 unspecified atom stereocenters. The highest BCUT2D eigenvalue weighted by molar-refractivity contribution is 5.69. The molecule has 142 valence electrons. The number of amides is 1. The quantitative estimate of drug-likeness (QED) is 0.644. The average Bonchev–Trinajstić information content (AvgIpc) is 3.08. The van der Waals surface area contributed by atoms with Crippen molar-refractivity contribution in [1.82, 2.24) is 4.90 Å². The third-order valence-electron chi connectivity index (χ3n) is 5.08. The van der Waals surface area contributed by atoms with E-state index < -0.39 is 11.2 Å². The molecule has 26 heavy (non-hydrogen) atoms. The maximum atomic E-state index is 13.1. The summed E-state index contributed by atoms with van der Waals surface area (Å²) in [5, 5.41) is 0. The molecule has 0 radical (unpaired) electrons. The van der Waals surface area contributed by atoms with E-state index in [0.717, 1.165) is 31.2 Å². The van der Waals surface area contributed by atoms with E-state index in [1.165, 1.54) is 6.42 Å². The molecule has 1 aromatic rings. The van der Waals surface area contributed by atoms with Crippen LogP contribution >= 0.6 is 0 Å². The fourth-order valence-electron chi connectivity index (χ4n) is 4.01. The van der Waals surface area contributed by atoms with Gasteiger partial charge in [0.2, 0.25) is 0 Å². The topological polar surface area (TPSA) is 38.8 Å². The van der Waals surface area contributed by atoms with Gasteiger partial charge in [0.25, 0.3) is 0 Å². The zero-order valence-corrected chi connectivity index (χ0v) is 16.2. The van der Waals surface area contributed by atoms with Crippen molar-refractivity contribution >= 4 is 6.09 Å². The lowest BCUT2D eigenvalue weighted by molar-refractivity contribution is -0.0604. The van der Waals surface area contributed by atoms with Crippen LogP contribution in [0.25, 0.3) is 0 Å². The largest absolute Gasteiger partial charge is 0.444 e. The first kappa shape index (κ1) is 19.0. The van der Waals surface area contributed by atoms with Gasteiger partial charge in [0.15, 0.2) is 0 Å². The Kier molecular flexibility index (Phi) is 5.71. The van der Waals surface area contributed by atoms with Crippen molar-refractivity contribution in [3.63, 3.8) is 0 Å². The van der Waals surface area contributed by atoms with Crippen LogP contribution in [0.2, 0.25) is 0 Å². The fourth-order valence-corrected chi connectivity index (χ4v) is 4.01. The number of carbonyl (C=O) groups excluding carboxylic acids is 1. The lowest BCUT2D eigenvalue weighted by Gasteiger charge is -2.43. The third kappa shape index (κ3) is 4.29. The van der Waals surface area contributed by atoms with Crippen molar-refractivity contribution in [2.75, 3.05) is 13.2 Å². The number of hydrogen-bond donors (Lipinski definition) is 0. The monoisotopic (exact) mass is 357 g/mol. The van der Waals surface area contributed by atoms with E-state index in [1.54, 1.807) is 0 Å². The predicted octanol–water partition coefficient (Wildman–Crippen LogP) is 5.25. The van der Waals surface area contributed by atoms with Gasteiger partial charge in [0.05, 0.1) is 12.6 Å². The van der Waals surface area contributed by atoms with Gasteiger partial charge in [-0.3, -0.25) is 4.90 Å². The van der Waals surface area contributed by atoms with Crippen molar-refractivity contribution in [3.8, 4) is 0 Å². The summed E-state index contributed by atoms with van der Waals surface area (Å²) in [5.74, 6) is 0. The molecule has 0 aromatic heterocycles. The van der Waals surface area contributed by atoms with Crippen LogP contribution in [0.15, 0.2) is 42.5 Å². The molecule has 0 aliphatic carbocycles. The third-order valence-corrected chi connectivity index (χ3v) is 5.08. The van der Waals surface area contributed by atoms with Crippen molar-refractivity contribution < 1.29 is 14.3 Å². The molecular formula is C22H31NO3. The first-order valence-corrected chi connectivity index (χ1v) is 9.78. The van der Waals surface area contributed by atoms with Crippen molar-refractivity contribution in [2.24, 2.45) is 0 Å². The predicted molar refractivity (Wildman–Crippen MR) is 103 cm³/mol. The van der Waals surface area contributed by atoms with Gasteiger partial charge in [0.1, 0.15) is 11.2 Å². The summed E-state index contributed by atoms with van der Waals surface area (Å²) >= 11 is 0. The SMILES string of the molecule is CC(C)(C)OC(=O)N1CCCCCC[C@@]2(C=CCO2)[C@@H]1c1ccccc1. The van der Waals surface area contributed by atoms with Crippen LogP contribution in [0.1, 0.15) is 64.5 Å². The number of hydrogen-bond acceptors (Lipinski definition) is 3. The highest BCUT2D eigenvalue weighted by Gasteiger charge is 2.46. The van der Waals surface area contributed by atoms with Crippen LogP contribution in [0.4, 0.5) is 4.79 Å². The Labute approximate surface area is 157 Å². The Bertz CT molecular complexity index is 635. The lowest BCUT2D eigenvalue weighted by atomic mass is 9.83. The second-order valence-corrected chi connectivity index (χ2v) is 8.32. The van der Waals surface area contributed by atoms with Gasteiger partial charge >= 0.3 is 6.09 Å². The molecule has 1 amide bonds. The zero-order valence-electron chi connectivity index (χ0n) is 16.2. The van der Waals surface area contributed by atoms with E-state index in [0.29, 0.717) is 13.2 Å². The van der Waals surface area contributed by atoms with Crippen LogP contribution in [-0.2, 0) is 9.47 Å². The minimum Gasteiger partial charge on any atom is -0.444 e. The molecule has 2 aliphatic heterocycles. The number of benzene rings is 1. The highest BCUT2D eigenvalue weighted by atomic mass is 16.6. The molecule has 2 atom stereocenters. The van der Waals surface area contributed by atoms with E-state index >= 15 is 0 Å². The smallest absolute Gasteiger partial charge is 0.410 e. The van der Waals surface area contributed by atoms with Crippen molar-refractivity contribution in [2.45, 2.75) is 70.1 Å². The second-order valence-electron chi connectivity index (χ2n) is 8.32. The molecule has 0 N–H and O–H groups in total. The summed E-state index contributed by atoms with van der Waals surface area (Å²) < 4.78 is 12.1. The molecular weight excluding hydrogens is 326 g/mol. The summed E-state index contributed by atoms with van der Waals surface area (Å²) in [5.41, 5.74) is 0.116. The maximum absolute atomic E-state index is 13.1. The molecule has 1 aromatic carbocycles. The van der Waals surface area contributed by atoms with Gasteiger partial charge in [-0.05, 0) is 39.2 Å². The summed E-state index contributed by atoms with van der Waals surface area (Å²) in [4.78, 5) is 15.0. The molecule has 4 heteroatoms. The van der Waals surface area contributed by atoms with Gasteiger partial charge in [0, 0.05) is 6.54 Å². The van der Waals surface area contributed by atoms with Gasteiger partial charge < -0.3 is 9.47 Å². The summed E-state index contributed by atoms with van der Waals surface area (Å²) in [6.45, 7) is 7.04. The number of ether oxygens (including phenoxy) is 2. The Morgan fingerprint density at radius 3 is 2.54 bits per heavy atom. The average molecular weight is 357 g/mol. The normalized spacial score (nSPS) is 27.0. The summed E-state index contributed by atoms with van der Waals surface area (Å²) in [7, 11) is 0. The number of nitrogens with zero attached hydrogens (tertiary/aromatic N) is 1. The lowest BCUT2D eigenvalue weighted by Crippen LogP contribution is -2.49. The minimum atomic E-state index is -0.518. The Balaban J connectivity index is 2.03. The van der Waals surface area contributed by atoms with E-state index in [1.807, 2.05) is 43.9 Å². The molecule has 2 heterocycles. The molecule has 4 nitrogen and oxygen atoms in total. The second kappa shape index (κ2) is 7.83. The molecule has 0 saturated carbocycles.